The van der Waals surface area contributed by atoms with E-state index in [1.54, 1.807) is 11.3 Å². The van der Waals surface area contributed by atoms with E-state index >= 15 is 0 Å². The fourth-order valence-electron chi connectivity index (χ4n) is 7.31. The minimum atomic E-state index is 0.644. The van der Waals surface area contributed by atoms with Gasteiger partial charge in [0.2, 0.25) is 0 Å². The summed E-state index contributed by atoms with van der Waals surface area (Å²) in [7, 11) is 0. The molecule has 0 bridgehead atoms. The highest BCUT2D eigenvalue weighted by Crippen LogP contribution is 2.41. The van der Waals surface area contributed by atoms with Crippen LogP contribution in [0.2, 0.25) is 0 Å². The highest BCUT2D eigenvalue weighted by Gasteiger charge is 2.18. The molecule has 0 fully saturated rings. The van der Waals surface area contributed by atoms with Crippen molar-refractivity contribution in [1.29, 1.82) is 0 Å². The molecule has 4 heteroatoms. The molecule has 2 aromatic heterocycles. The van der Waals surface area contributed by atoms with Crippen molar-refractivity contribution >= 4 is 53.1 Å². The first-order valence-electron chi connectivity index (χ1n) is 17.1. The van der Waals surface area contributed by atoms with Gasteiger partial charge in [0.05, 0.1) is 0 Å². The van der Waals surface area contributed by atoms with Gasteiger partial charge in [-0.15, -0.1) is 11.3 Å². The van der Waals surface area contributed by atoms with Crippen LogP contribution in [-0.2, 0) is 0 Å². The Hall–Kier alpha value is -6.49. The van der Waals surface area contributed by atoms with E-state index in [1.807, 2.05) is 6.07 Å². The third-order valence-corrected chi connectivity index (χ3v) is 11.0. The second-order valence-corrected chi connectivity index (χ2v) is 13.8. The van der Waals surface area contributed by atoms with Gasteiger partial charge in [-0.3, -0.25) is 0 Å². The fraction of sp³-hybridized carbons (Fsp3) is 0. The second kappa shape index (κ2) is 12.1. The lowest BCUT2D eigenvalue weighted by Gasteiger charge is -2.13. The van der Waals surface area contributed by atoms with Crippen LogP contribution in [0.5, 0.6) is 0 Å². The van der Waals surface area contributed by atoms with Crippen LogP contribution < -0.4 is 0 Å². The number of aromatic nitrogens is 3. The van der Waals surface area contributed by atoms with E-state index in [4.69, 9.17) is 15.0 Å². The monoisotopic (exact) mass is 667 g/mol. The molecule has 0 saturated heterocycles. The molecule has 8 aromatic carbocycles. The molecule has 2 heterocycles. The summed E-state index contributed by atoms with van der Waals surface area (Å²) in [5.41, 5.74) is 7.48. The zero-order chi connectivity index (χ0) is 33.7. The Balaban J connectivity index is 1.16. The second-order valence-electron chi connectivity index (χ2n) is 12.8. The van der Waals surface area contributed by atoms with Crippen molar-refractivity contribution in [2.75, 3.05) is 0 Å². The number of hydrogen-bond donors (Lipinski definition) is 0. The van der Waals surface area contributed by atoms with Gasteiger partial charge in [-0.25, -0.2) is 15.0 Å². The number of benzene rings is 8. The lowest BCUT2D eigenvalue weighted by molar-refractivity contribution is 1.08. The lowest BCUT2D eigenvalue weighted by atomic mass is 9.93. The molecular weight excluding hydrogens is 639 g/mol. The minimum Gasteiger partial charge on any atom is -0.208 e. The highest BCUT2D eigenvalue weighted by atomic mass is 32.1. The quantitative estimate of drug-likeness (QED) is 0.171. The molecule has 51 heavy (non-hydrogen) atoms. The molecule has 0 saturated carbocycles. The SMILES string of the molecule is c1ccc(-c2ccccc2-c2nc(-c3ccc(-c4cc5ccccc5c5ccccc45)cc3)nc(-c3cccc4c3sc3ccccc34)n2)cc1. The van der Waals surface area contributed by atoms with E-state index in [9.17, 15) is 0 Å². The summed E-state index contributed by atoms with van der Waals surface area (Å²) in [6.07, 6.45) is 0. The van der Waals surface area contributed by atoms with E-state index in [-0.39, 0.29) is 0 Å². The predicted molar refractivity (Wildman–Crippen MR) is 215 cm³/mol. The molecule has 3 nitrogen and oxygen atoms in total. The Labute approximate surface area is 299 Å². The molecule has 0 aliphatic carbocycles. The first-order valence-corrected chi connectivity index (χ1v) is 17.9. The first-order chi connectivity index (χ1) is 25.3. The van der Waals surface area contributed by atoms with Gasteiger partial charge in [0.1, 0.15) is 0 Å². The third-order valence-electron chi connectivity index (χ3n) is 9.76. The number of thiophene rings is 1. The van der Waals surface area contributed by atoms with Crippen molar-refractivity contribution in [3.05, 3.63) is 176 Å². The Morgan fingerprint density at radius 1 is 0.314 bits per heavy atom. The van der Waals surface area contributed by atoms with Crippen molar-refractivity contribution < 1.29 is 0 Å². The van der Waals surface area contributed by atoms with Gasteiger partial charge >= 0.3 is 0 Å². The topological polar surface area (TPSA) is 38.7 Å². The number of fused-ring (bicyclic) bond motifs is 6. The van der Waals surface area contributed by atoms with Crippen LogP contribution >= 0.6 is 11.3 Å². The van der Waals surface area contributed by atoms with Gasteiger partial charge in [-0.2, -0.15) is 0 Å². The van der Waals surface area contributed by atoms with Crippen LogP contribution in [0, 0.1) is 0 Å². The van der Waals surface area contributed by atoms with E-state index in [2.05, 4.69) is 170 Å². The van der Waals surface area contributed by atoms with Gasteiger partial charge in [-0.1, -0.05) is 158 Å². The Morgan fingerprint density at radius 2 is 0.863 bits per heavy atom. The molecule has 0 unspecified atom stereocenters. The average molecular weight is 668 g/mol. The summed E-state index contributed by atoms with van der Waals surface area (Å²) in [6, 6.07) is 62.1. The number of hydrogen-bond acceptors (Lipinski definition) is 4. The van der Waals surface area contributed by atoms with E-state index < -0.39 is 0 Å². The summed E-state index contributed by atoms with van der Waals surface area (Å²) >= 11 is 1.79. The van der Waals surface area contributed by atoms with Crippen LogP contribution in [0.25, 0.3) is 98.1 Å². The predicted octanol–water partition coefficient (Wildman–Crippen LogP) is 12.9. The minimum absolute atomic E-state index is 0.644. The molecule has 10 aromatic rings. The molecule has 0 aliphatic heterocycles. The largest absolute Gasteiger partial charge is 0.208 e. The van der Waals surface area contributed by atoms with Crippen molar-refractivity contribution in [2.45, 2.75) is 0 Å². The number of rotatable bonds is 5. The van der Waals surface area contributed by atoms with Gasteiger partial charge in [0.25, 0.3) is 0 Å². The molecule has 0 aliphatic rings. The van der Waals surface area contributed by atoms with Crippen LogP contribution in [0.3, 0.4) is 0 Å². The van der Waals surface area contributed by atoms with Crippen LogP contribution in [0.15, 0.2) is 176 Å². The lowest BCUT2D eigenvalue weighted by Crippen LogP contribution is -2.01. The molecule has 10 rings (SSSR count). The van der Waals surface area contributed by atoms with Crippen molar-refractivity contribution in [3.63, 3.8) is 0 Å². The van der Waals surface area contributed by atoms with Crippen molar-refractivity contribution in [2.24, 2.45) is 0 Å². The van der Waals surface area contributed by atoms with Crippen molar-refractivity contribution in [3.8, 4) is 56.4 Å². The maximum absolute atomic E-state index is 5.22. The van der Waals surface area contributed by atoms with Crippen LogP contribution in [-0.4, -0.2) is 15.0 Å². The molecule has 0 radical (unpaired) electrons. The summed E-state index contributed by atoms with van der Waals surface area (Å²) < 4.78 is 2.43. The Kier molecular flexibility index (Phi) is 7.00. The standard InChI is InChI=1S/C47H29N3S/c1-2-13-30(14-3-1)34-16-6-9-21-40(34)46-48-45(49-47(50-46)41-23-12-22-39-38-20-10-11-24-43(38)51-44(39)41)32-27-25-31(26-28-32)42-29-33-15-4-5-17-35(33)36-18-7-8-19-37(36)42/h1-29H. The average Bonchev–Trinajstić information content (AvgIpc) is 3.60. The van der Waals surface area contributed by atoms with Crippen molar-refractivity contribution in [1.82, 2.24) is 15.0 Å². The Morgan fingerprint density at radius 3 is 1.69 bits per heavy atom. The maximum atomic E-state index is 5.22. The molecule has 0 spiro atoms. The van der Waals surface area contributed by atoms with Gasteiger partial charge in [0.15, 0.2) is 17.5 Å². The number of nitrogens with zero attached hydrogens (tertiary/aromatic N) is 3. The first kappa shape index (κ1) is 29.4. The summed E-state index contributed by atoms with van der Waals surface area (Å²) in [4.78, 5) is 15.6. The van der Waals surface area contributed by atoms with Crippen LogP contribution in [0.4, 0.5) is 0 Å². The summed E-state index contributed by atoms with van der Waals surface area (Å²) in [5.74, 6) is 1.96. The molecule has 238 valence electrons. The zero-order valence-electron chi connectivity index (χ0n) is 27.5. The molecule has 0 atom stereocenters. The zero-order valence-corrected chi connectivity index (χ0v) is 28.3. The van der Waals surface area contributed by atoms with E-state index in [1.165, 1.54) is 47.3 Å². The fourth-order valence-corrected chi connectivity index (χ4v) is 8.52. The Bertz CT molecular complexity index is 2910. The smallest absolute Gasteiger partial charge is 0.165 e. The third kappa shape index (κ3) is 5.08. The normalized spacial score (nSPS) is 11.5. The molecule has 0 amide bonds. The van der Waals surface area contributed by atoms with E-state index in [0.717, 1.165) is 33.4 Å². The highest BCUT2D eigenvalue weighted by molar-refractivity contribution is 7.26. The molecule has 0 N–H and O–H groups in total. The van der Waals surface area contributed by atoms with Crippen LogP contribution in [0.1, 0.15) is 0 Å². The van der Waals surface area contributed by atoms with Gasteiger partial charge < -0.3 is 0 Å². The summed E-state index contributed by atoms with van der Waals surface area (Å²) in [5, 5.41) is 7.46. The van der Waals surface area contributed by atoms with Gasteiger partial charge in [-0.05, 0) is 62.0 Å². The summed E-state index contributed by atoms with van der Waals surface area (Å²) in [6.45, 7) is 0. The van der Waals surface area contributed by atoms with E-state index in [0.29, 0.717) is 17.5 Å². The van der Waals surface area contributed by atoms with Gasteiger partial charge in [0, 0.05) is 36.9 Å². The molecular formula is C47H29N3S. The maximum Gasteiger partial charge on any atom is 0.165 e.